The number of piperidine rings is 1. The molecule has 0 aliphatic carbocycles. The largest absolute Gasteiger partial charge is 0.377 e. The van der Waals surface area contributed by atoms with Crippen LogP contribution >= 0.6 is 0 Å². The first-order valence-corrected chi connectivity index (χ1v) is 7.77. The highest BCUT2D eigenvalue weighted by molar-refractivity contribution is 4.73. The second-order valence-electron chi connectivity index (χ2n) is 5.89. The minimum absolute atomic E-state index is 0.488. The van der Waals surface area contributed by atoms with Gasteiger partial charge in [-0.15, -0.1) is 0 Å². The maximum absolute atomic E-state index is 5.86. The lowest BCUT2D eigenvalue weighted by molar-refractivity contribution is -0.000188. The van der Waals surface area contributed by atoms with Crippen molar-refractivity contribution in [1.29, 1.82) is 0 Å². The minimum Gasteiger partial charge on any atom is -0.377 e. The van der Waals surface area contributed by atoms with E-state index in [2.05, 4.69) is 31.0 Å². The van der Waals surface area contributed by atoms with Gasteiger partial charge in [0.1, 0.15) is 0 Å². The van der Waals surface area contributed by atoms with Crippen LogP contribution in [-0.4, -0.2) is 50.3 Å². The molecule has 108 valence electrons. The lowest BCUT2D eigenvalue weighted by atomic mass is 10.1. The average Bonchev–Trinajstić information content (AvgIpc) is 2.36. The molecule has 0 aromatic rings. The van der Waals surface area contributed by atoms with E-state index in [4.69, 9.17) is 4.74 Å². The molecule has 1 aliphatic rings. The highest BCUT2D eigenvalue weighted by atomic mass is 16.5. The van der Waals surface area contributed by atoms with Crippen molar-refractivity contribution >= 4 is 0 Å². The Labute approximate surface area is 113 Å². The maximum atomic E-state index is 5.86. The van der Waals surface area contributed by atoms with Crippen molar-refractivity contribution in [2.75, 3.05) is 39.3 Å². The van der Waals surface area contributed by atoms with E-state index in [0.717, 1.165) is 38.6 Å². The molecule has 0 amide bonds. The van der Waals surface area contributed by atoms with Crippen LogP contribution in [0, 0.1) is 5.92 Å². The summed E-state index contributed by atoms with van der Waals surface area (Å²) in [6, 6.07) is 0. The van der Waals surface area contributed by atoms with Crippen LogP contribution in [0.4, 0.5) is 0 Å². The standard InChI is InChI=1S/C15H32N2O/c1-4-11-18-15-7-5-9-17(13-15)10-6-8-16-12-14(2)3/h14-16H,4-13H2,1-3H3. The Morgan fingerprint density at radius 2 is 2.22 bits per heavy atom. The first kappa shape index (κ1) is 15.9. The first-order chi connectivity index (χ1) is 8.72. The fraction of sp³-hybridized carbons (Fsp3) is 1.00. The van der Waals surface area contributed by atoms with Crippen molar-refractivity contribution in [3.63, 3.8) is 0 Å². The van der Waals surface area contributed by atoms with E-state index in [1.165, 1.54) is 32.4 Å². The van der Waals surface area contributed by atoms with Crippen molar-refractivity contribution in [2.24, 2.45) is 5.92 Å². The van der Waals surface area contributed by atoms with Gasteiger partial charge >= 0.3 is 0 Å². The first-order valence-electron chi connectivity index (χ1n) is 7.77. The molecule has 1 heterocycles. The van der Waals surface area contributed by atoms with Crippen LogP contribution in [0.25, 0.3) is 0 Å². The van der Waals surface area contributed by atoms with E-state index in [1.807, 2.05) is 0 Å². The number of ether oxygens (including phenoxy) is 1. The SMILES string of the molecule is CCCOC1CCCN(CCCNCC(C)C)C1. The summed E-state index contributed by atoms with van der Waals surface area (Å²) in [7, 11) is 0. The average molecular weight is 256 g/mol. The van der Waals surface area contributed by atoms with Crippen molar-refractivity contribution in [3.05, 3.63) is 0 Å². The van der Waals surface area contributed by atoms with Crippen LogP contribution < -0.4 is 5.32 Å². The molecule has 0 saturated carbocycles. The van der Waals surface area contributed by atoms with Gasteiger partial charge in [-0.3, -0.25) is 0 Å². The number of likely N-dealkylation sites (tertiary alicyclic amines) is 1. The molecule has 0 aromatic carbocycles. The van der Waals surface area contributed by atoms with Crippen molar-refractivity contribution < 1.29 is 4.74 Å². The van der Waals surface area contributed by atoms with Gasteiger partial charge in [0.2, 0.25) is 0 Å². The van der Waals surface area contributed by atoms with E-state index in [1.54, 1.807) is 0 Å². The summed E-state index contributed by atoms with van der Waals surface area (Å²) in [6.45, 7) is 13.5. The van der Waals surface area contributed by atoms with Gasteiger partial charge in [-0.1, -0.05) is 20.8 Å². The molecule has 0 radical (unpaired) electrons. The molecule has 0 aromatic heterocycles. The summed E-state index contributed by atoms with van der Waals surface area (Å²) in [5, 5.41) is 3.51. The quantitative estimate of drug-likeness (QED) is 0.642. The summed E-state index contributed by atoms with van der Waals surface area (Å²) in [5.41, 5.74) is 0. The van der Waals surface area contributed by atoms with Crippen molar-refractivity contribution in [1.82, 2.24) is 10.2 Å². The van der Waals surface area contributed by atoms with Gasteiger partial charge in [-0.2, -0.15) is 0 Å². The van der Waals surface area contributed by atoms with Crippen LogP contribution in [0.1, 0.15) is 46.5 Å². The fourth-order valence-electron chi connectivity index (χ4n) is 2.46. The Balaban J connectivity index is 2.03. The van der Waals surface area contributed by atoms with Crippen LogP contribution in [0.2, 0.25) is 0 Å². The van der Waals surface area contributed by atoms with Crippen LogP contribution in [0.3, 0.4) is 0 Å². The predicted octanol–water partition coefficient (Wildman–Crippen LogP) is 2.51. The molecule has 1 fully saturated rings. The topological polar surface area (TPSA) is 24.5 Å². The van der Waals surface area contributed by atoms with Gasteiger partial charge in [-0.05, 0) is 57.8 Å². The van der Waals surface area contributed by atoms with Gasteiger partial charge in [0.25, 0.3) is 0 Å². The van der Waals surface area contributed by atoms with Crippen LogP contribution in [0.15, 0.2) is 0 Å². The van der Waals surface area contributed by atoms with E-state index in [9.17, 15) is 0 Å². The number of hydrogen-bond donors (Lipinski definition) is 1. The molecular weight excluding hydrogens is 224 g/mol. The zero-order valence-corrected chi connectivity index (χ0v) is 12.6. The summed E-state index contributed by atoms with van der Waals surface area (Å²) in [6.07, 6.45) is 5.43. The smallest absolute Gasteiger partial charge is 0.0702 e. The molecule has 1 aliphatic heterocycles. The van der Waals surface area contributed by atoms with Gasteiger partial charge in [-0.25, -0.2) is 0 Å². The Bertz CT molecular complexity index is 197. The van der Waals surface area contributed by atoms with Crippen LogP contribution in [0.5, 0.6) is 0 Å². The summed E-state index contributed by atoms with van der Waals surface area (Å²) in [5.74, 6) is 0.756. The molecule has 1 N–H and O–H groups in total. The van der Waals surface area contributed by atoms with E-state index in [-0.39, 0.29) is 0 Å². The fourth-order valence-corrected chi connectivity index (χ4v) is 2.46. The molecule has 1 saturated heterocycles. The third-order valence-electron chi connectivity index (χ3n) is 3.40. The van der Waals surface area contributed by atoms with Crippen molar-refractivity contribution in [2.45, 2.75) is 52.6 Å². The summed E-state index contributed by atoms with van der Waals surface area (Å²) >= 11 is 0. The zero-order chi connectivity index (χ0) is 13.2. The second-order valence-corrected chi connectivity index (χ2v) is 5.89. The minimum atomic E-state index is 0.488. The summed E-state index contributed by atoms with van der Waals surface area (Å²) in [4.78, 5) is 2.57. The van der Waals surface area contributed by atoms with Gasteiger partial charge in [0.15, 0.2) is 0 Å². The Hall–Kier alpha value is -0.120. The van der Waals surface area contributed by atoms with Crippen molar-refractivity contribution in [3.8, 4) is 0 Å². The van der Waals surface area contributed by atoms with E-state index < -0.39 is 0 Å². The number of nitrogens with one attached hydrogen (secondary N) is 1. The van der Waals surface area contributed by atoms with Gasteiger partial charge < -0.3 is 15.0 Å². The second kappa shape index (κ2) is 9.76. The third kappa shape index (κ3) is 7.34. The van der Waals surface area contributed by atoms with Gasteiger partial charge in [0, 0.05) is 13.2 Å². The van der Waals surface area contributed by atoms with Crippen LogP contribution in [-0.2, 0) is 4.74 Å². The lowest BCUT2D eigenvalue weighted by Gasteiger charge is -2.32. The zero-order valence-electron chi connectivity index (χ0n) is 12.6. The van der Waals surface area contributed by atoms with Gasteiger partial charge in [0.05, 0.1) is 6.10 Å². The summed E-state index contributed by atoms with van der Waals surface area (Å²) < 4.78 is 5.86. The molecule has 0 spiro atoms. The Kier molecular flexibility index (Phi) is 8.64. The molecule has 3 nitrogen and oxygen atoms in total. The molecule has 1 rings (SSSR count). The number of rotatable bonds is 9. The molecule has 3 heteroatoms. The molecule has 18 heavy (non-hydrogen) atoms. The maximum Gasteiger partial charge on any atom is 0.0702 e. The molecule has 0 bridgehead atoms. The van der Waals surface area contributed by atoms with E-state index in [0.29, 0.717) is 6.10 Å². The predicted molar refractivity (Wildman–Crippen MR) is 78.0 cm³/mol. The lowest BCUT2D eigenvalue weighted by Crippen LogP contribution is -2.41. The number of hydrogen-bond acceptors (Lipinski definition) is 3. The Morgan fingerprint density at radius 1 is 1.39 bits per heavy atom. The highest BCUT2D eigenvalue weighted by Gasteiger charge is 2.19. The van der Waals surface area contributed by atoms with E-state index >= 15 is 0 Å². The highest BCUT2D eigenvalue weighted by Crippen LogP contribution is 2.13. The molecule has 1 unspecified atom stereocenters. The third-order valence-corrected chi connectivity index (χ3v) is 3.40. The Morgan fingerprint density at radius 3 is 2.94 bits per heavy atom. The monoisotopic (exact) mass is 256 g/mol. The molecule has 1 atom stereocenters. The molecular formula is C15H32N2O. The number of nitrogens with zero attached hydrogens (tertiary/aromatic N) is 1. The normalized spacial score (nSPS) is 21.7.